The van der Waals surface area contributed by atoms with Gasteiger partial charge in [-0.3, -0.25) is 4.79 Å². The Morgan fingerprint density at radius 3 is 2.54 bits per heavy atom. The molecule has 0 unspecified atom stereocenters. The van der Waals surface area contributed by atoms with E-state index in [9.17, 15) is 4.79 Å². The molecule has 0 saturated heterocycles. The summed E-state index contributed by atoms with van der Waals surface area (Å²) < 4.78 is 11.0. The third-order valence-electron chi connectivity index (χ3n) is 4.07. The molecule has 8 heteroatoms. The Balaban J connectivity index is 1.36. The van der Waals surface area contributed by atoms with Crippen molar-refractivity contribution in [2.75, 3.05) is 23.8 Å². The zero-order valence-electron chi connectivity index (χ0n) is 14.8. The lowest BCUT2D eigenvalue weighted by atomic mass is 10.2. The number of nitrogens with one attached hydrogen (secondary N) is 2. The first-order valence-corrected chi connectivity index (χ1v) is 9.06. The van der Waals surface area contributed by atoms with E-state index >= 15 is 0 Å². The number of ether oxygens (including phenoxy) is 2. The summed E-state index contributed by atoms with van der Waals surface area (Å²) in [5.41, 5.74) is 1.87. The van der Waals surface area contributed by atoms with Crippen LogP contribution in [0.4, 0.5) is 11.5 Å². The van der Waals surface area contributed by atoms with Crippen LogP contribution < -0.4 is 20.1 Å². The highest BCUT2D eigenvalue weighted by atomic mass is 35.5. The van der Waals surface area contributed by atoms with Crippen molar-refractivity contribution in [3.63, 3.8) is 0 Å². The smallest absolute Gasteiger partial charge is 0.275 e. The fraction of sp³-hybridized carbons (Fsp3) is 0.150. The van der Waals surface area contributed by atoms with E-state index in [0.29, 0.717) is 47.8 Å². The number of carbonyl (C=O) groups excluding carboxylic acids is 1. The van der Waals surface area contributed by atoms with E-state index in [-0.39, 0.29) is 11.6 Å². The fourth-order valence-electron chi connectivity index (χ4n) is 2.65. The third kappa shape index (κ3) is 4.32. The summed E-state index contributed by atoms with van der Waals surface area (Å²) in [6, 6.07) is 12.8. The number of fused-ring (bicyclic) bond motifs is 1. The Morgan fingerprint density at radius 1 is 1.00 bits per heavy atom. The van der Waals surface area contributed by atoms with E-state index in [4.69, 9.17) is 21.1 Å². The minimum atomic E-state index is -0.353. The fourth-order valence-corrected chi connectivity index (χ4v) is 2.77. The van der Waals surface area contributed by atoms with Crippen molar-refractivity contribution in [1.82, 2.24) is 9.97 Å². The Kier molecular flexibility index (Phi) is 5.25. The van der Waals surface area contributed by atoms with E-state index in [1.165, 1.54) is 12.4 Å². The van der Waals surface area contributed by atoms with Gasteiger partial charge < -0.3 is 20.1 Å². The predicted molar refractivity (Wildman–Crippen MR) is 106 cm³/mol. The molecule has 0 saturated carbocycles. The topological polar surface area (TPSA) is 85.4 Å². The van der Waals surface area contributed by atoms with Gasteiger partial charge >= 0.3 is 0 Å². The van der Waals surface area contributed by atoms with Gasteiger partial charge in [-0.2, -0.15) is 0 Å². The van der Waals surface area contributed by atoms with Gasteiger partial charge in [0.1, 0.15) is 24.7 Å². The highest BCUT2D eigenvalue weighted by Crippen LogP contribution is 2.32. The maximum absolute atomic E-state index is 12.4. The van der Waals surface area contributed by atoms with Crippen LogP contribution in [-0.2, 0) is 6.54 Å². The summed E-state index contributed by atoms with van der Waals surface area (Å²) in [4.78, 5) is 20.8. The SMILES string of the molecule is O=C(Nc1ccc2c(c1)OCCO2)c1cnc(NCc2ccc(Cl)cc2)cn1. The maximum atomic E-state index is 12.4. The van der Waals surface area contributed by atoms with Gasteiger partial charge in [-0.1, -0.05) is 23.7 Å². The second-order valence-corrected chi connectivity index (χ2v) is 6.52. The van der Waals surface area contributed by atoms with E-state index in [0.717, 1.165) is 5.56 Å². The van der Waals surface area contributed by atoms with Crippen LogP contribution in [0, 0.1) is 0 Å². The molecule has 0 spiro atoms. The van der Waals surface area contributed by atoms with Crippen molar-refractivity contribution in [2.24, 2.45) is 0 Å². The van der Waals surface area contributed by atoms with Crippen LogP contribution in [0.3, 0.4) is 0 Å². The summed E-state index contributed by atoms with van der Waals surface area (Å²) in [5, 5.41) is 6.62. The van der Waals surface area contributed by atoms with Crippen molar-refractivity contribution in [3.05, 3.63) is 71.1 Å². The molecular weight excluding hydrogens is 380 g/mol. The van der Waals surface area contributed by atoms with Crippen LogP contribution in [0.25, 0.3) is 0 Å². The number of rotatable bonds is 5. The van der Waals surface area contributed by atoms with Crippen molar-refractivity contribution in [3.8, 4) is 11.5 Å². The van der Waals surface area contributed by atoms with Crippen molar-refractivity contribution < 1.29 is 14.3 Å². The minimum Gasteiger partial charge on any atom is -0.486 e. The van der Waals surface area contributed by atoms with Crippen LogP contribution in [0.1, 0.15) is 16.1 Å². The highest BCUT2D eigenvalue weighted by molar-refractivity contribution is 6.30. The molecule has 2 aromatic carbocycles. The molecule has 1 amide bonds. The molecule has 142 valence electrons. The number of hydrogen-bond acceptors (Lipinski definition) is 6. The lowest BCUT2D eigenvalue weighted by molar-refractivity contribution is 0.102. The van der Waals surface area contributed by atoms with Crippen LogP contribution >= 0.6 is 11.6 Å². The average Bonchev–Trinajstić information content (AvgIpc) is 2.73. The molecule has 0 fully saturated rings. The van der Waals surface area contributed by atoms with Gasteiger partial charge in [-0.05, 0) is 29.8 Å². The molecule has 0 atom stereocenters. The number of amides is 1. The number of hydrogen-bond donors (Lipinski definition) is 2. The number of anilines is 2. The quantitative estimate of drug-likeness (QED) is 0.683. The lowest BCUT2D eigenvalue weighted by Gasteiger charge is -2.18. The average molecular weight is 397 g/mol. The standard InChI is InChI=1S/C20H17ClN4O3/c21-14-3-1-13(2-4-14)10-23-19-12-22-16(11-24-19)20(26)25-15-5-6-17-18(9-15)28-8-7-27-17/h1-6,9,11-12H,7-8,10H2,(H,23,24)(H,25,26). The summed E-state index contributed by atoms with van der Waals surface area (Å²) in [5.74, 6) is 1.50. The second kappa shape index (κ2) is 8.14. The molecule has 1 aliphatic rings. The van der Waals surface area contributed by atoms with Gasteiger partial charge in [-0.15, -0.1) is 0 Å². The first-order valence-electron chi connectivity index (χ1n) is 8.69. The molecule has 2 N–H and O–H groups in total. The van der Waals surface area contributed by atoms with Gasteiger partial charge in [0.15, 0.2) is 11.5 Å². The zero-order chi connectivity index (χ0) is 19.3. The molecule has 1 aromatic heterocycles. The Hall–Kier alpha value is -3.32. The van der Waals surface area contributed by atoms with Crippen LogP contribution in [0.5, 0.6) is 11.5 Å². The number of carbonyl (C=O) groups is 1. The number of aromatic nitrogens is 2. The molecule has 0 radical (unpaired) electrons. The lowest BCUT2D eigenvalue weighted by Crippen LogP contribution is -2.17. The summed E-state index contributed by atoms with van der Waals surface area (Å²) in [6.45, 7) is 1.58. The third-order valence-corrected chi connectivity index (χ3v) is 4.32. The van der Waals surface area contributed by atoms with Crippen molar-refractivity contribution in [1.29, 1.82) is 0 Å². The Morgan fingerprint density at radius 2 is 1.79 bits per heavy atom. The molecule has 1 aliphatic heterocycles. The van der Waals surface area contributed by atoms with Crippen LogP contribution in [0.2, 0.25) is 5.02 Å². The Labute approximate surface area is 166 Å². The van der Waals surface area contributed by atoms with Crippen LogP contribution in [0.15, 0.2) is 54.9 Å². The van der Waals surface area contributed by atoms with Crippen molar-refractivity contribution >= 4 is 29.0 Å². The molecule has 0 bridgehead atoms. The Bertz CT molecular complexity index is 978. The number of halogens is 1. The molecule has 3 aromatic rings. The molecule has 2 heterocycles. The molecule has 0 aliphatic carbocycles. The van der Waals surface area contributed by atoms with E-state index in [1.54, 1.807) is 18.2 Å². The van der Waals surface area contributed by atoms with Gasteiger partial charge in [0.25, 0.3) is 5.91 Å². The maximum Gasteiger partial charge on any atom is 0.275 e. The summed E-state index contributed by atoms with van der Waals surface area (Å²) in [6.07, 6.45) is 2.95. The predicted octanol–water partition coefficient (Wildman–Crippen LogP) is 3.77. The van der Waals surface area contributed by atoms with Crippen LogP contribution in [-0.4, -0.2) is 29.1 Å². The number of nitrogens with zero attached hydrogens (tertiary/aromatic N) is 2. The zero-order valence-corrected chi connectivity index (χ0v) is 15.6. The first kappa shape index (κ1) is 18.1. The van der Waals surface area contributed by atoms with E-state index < -0.39 is 0 Å². The summed E-state index contributed by atoms with van der Waals surface area (Å²) >= 11 is 5.88. The largest absolute Gasteiger partial charge is 0.486 e. The van der Waals surface area contributed by atoms with Gasteiger partial charge in [-0.25, -0.2) is 9.97 Å². The second-order valence-electron chi connectivity index (χ2n) is 6.08. The molecular formula is C20H17ClN4O3. The summed E-state index contributed by atoms with van der Waals surface area (Å²) in [7, 11) is 0. The van der Waals surface area contributed by atoms with E-state index in [2.05, 4.69) is 20.6 Å². The number of benzene rings is 2. The monoisotopic (exact) mass is 396 g/mol. The molecule has 7 nitrogen and oxygen atoms in total. The van der Waals surface area contributed by atoms with Crippen molar-refractivity contribution in [2.45, 2.75) is 6.54 Å². The first-order chi connectivity index (χ1) is 13.7. The normalized spacial score (nSPS) is 12.3. The highest BCUT2D eigenvalue weighted by Gasteiger charge is 2.14. The van der Waals surface area contributed by atoms with E-state index in [1.807, 2.05) is 24.3 Å². The van der Waals surface area contributed by atoms with Gasteiger partial charge in [0.2, 0.25) is 0 Å². The molecule has 28 heavy (non-hydrogen) atoms. The molecule has 4 rings (SSSR count). The van der Waals surface area contributed by atoms with Gasteiger partial charge in [0.05, 0.1) is 12.4 Å². The minimum absolute atomic E-state index is 0.215. The van der Waals surface area contributed by atoms with Gasteiger partial charge in [0, 0.05) is 23.3 Å².